The summed E-state index contributed by atoms with van der Waals surface area (Å²) < 4.78 is 10.9. The number of fused-ring (bicyclic) bond motifs is 1. The Morgan fingerprint density at radius 2 is 1.69 bits per heavy atom. The van der Waals surface area contributed by atoms with Crippen molar-refractivity contribution >= 4 is 22.7 Å². The van der Waals surface area contributed by atoms with Crippen molar-refractivity contribution in [1.29, 1.82) is 0 Å². The van der Waals surface area contributed by atoms with E-state index in [1.165, 1.54) is 26.2 Å². The lowest BCUT2D eigenvalue weighted by atomic mass is 9.78. The molecule has 0 saturated carbocycles. The molecule has 0 saturated heterocycles. The second-order valence-corrected chi connectivity index (χ2v) is 9.18. The van der Waals surface area contributed by atoms with E-state index in [1.807, 2.05) is 60.7 Å². The fraction of sp³-hybridized carbons (Fsp3) is 0.167. The first-order valence-electron chi connectivity index (χ1n) is 12.1. The first kappa shape index (κ1) is 27.2. The van der Waals surface area contributed by atoms with Crippen LogP contribution < -0.4 is 10.3 Å². The molecule has 0 amide bonds. The lowest BCUT2D eigenvalue weighted by Crippen LogP contribution is -2.30. The molecular weight excluding hydrogens is 500 g/mol. The van der Waals surface area contributed by atoms with Crippen LogP contribution in [0.4, 0.5) is 0 Å². The Bertz CT molecular complexity index is 1620. The van der Waals surface area contributed by atoms with Crippen LogP contribution >= 0.6 is 0 Å². The van der Waals surface area contributed by atoms with Crippen LogP contribution in [0.2, 0.25) is 0 Å². The van der Waals surface area contributed by atoms with E-state index in [2.05, 4.69) is 9.97 Å². The molecule has 9 heteroatoms. The number of carboxylic acid groups (broad SMARTS) is 2. The molecule has 200 valence electrons. The Labute approximate surface area is 224 Å². The van der Waals surface area contributed by atoms with Crippen molar-refractivity contribution in [2.75, 3.05) is 13.7 Å². The zero-order valence-electron chi connectivity index (χ0n) is 21.4. The molecule has 9 nitrogen and oxygen atoms in total. The van der Waals surface area contributed by atoms with Crippen LogP contribution in [0, 0.1) is 5.41 Å². The molecule has 1 aliphatic carbocycles. The third-order valence-electron chi connectivity index (χ3n) is 6.39. The first-order chi connectivity index (χ1) is 18.7. The third-order valence-corrected chi connectivity index (χ3v) is 6.39. The Hall–Kier alpha value is -4.89. The number of para-hydroxylation sites is 2. The Morgan fingerprint density at radius 1 is 0.974 bits per heavy atom. The van der Waals surface area contributed by atoms with Gasteiger partial charge in [-0.1, -0.05) is 42.5 Å². The van der Waals surface area contributed by atoms with Crippen molar-refractivity contribution in [3.63, 3.8) is 0 Å². The van der Waals surface area contributed by atoms with Crippen molar-refractivity contribution in [2.24, 2.45) is 5.41 Å². The number of H-pyrrole nitrogens is 2. The summed E-state index contributed by atoms with van der Waals surface area (Å²) in [4.78, 5) is 39.8. The molecule has 0 radical (unpaired) electrons. The van der Waals surface area contributed by atoms with Gasteiger partial charge in [-0.2, -0.15) is 0 Å². The van der Waals surface area contributed by atoms with Crippen LogP contribution in [0.15, 0.2) is 101 Å². The van der Waals surface area contributed by atoms with E-state index in [0.29, 0.717) is 11.0 Å². The second-order valence-electron chi connectivity index (χ2n) is 9.18. The van der Waals surface area contributed by atoms with E-state index in [0.717, 1.165) is 28.1 Å². The summed E-state index contributed by atoms with van der Waals surface area (Å²) in [5.41, 5.74) is 1.16. The lowest BCUT2D eigenvalue weighted by Gasteiger charge is -2.26. The van der Waals surface area contributed by atoms with E-state index in [-0.39, 0.29) is 24.2 Å². The molecular formula is C30H28N2O7. The highest BCUT2D eigenvalue weighted by Gasteiger charge is 2.36. The smallest absolute Gasteiger partial charge is 0.331 e. The number of carboxylic acids is 2. The molecule has 4 aromatic rings. The van der Waals surface area contributed by atoms with Gasteiger partial charge in [-0.05, 0) is 49.2 Å². The second kappa shape index (κ2) is 11.7. The fourth-order valence-electron chi connectivity index (χ4n) is 4.25. The number of aromatic nitrogens is 2. The highest BCUT2D eigenvalue weighted by Crippen LogP contribution is 2.36. The Balaban J connectivity index is 0.000000195. The topological polar surface area (TPSA) is 142 Å². The monoisotopic (exact) mass is 528 g/mol. The molecule has 0 fully saturated rings. The van der Waals surface area contributed by atoms with Crippen LogP contribution in [0.1, 0.15) is 13.3 Å². The molecule has 0 bridgehead atoms. The van der Waals surface area contributed by atoms with Gasteiger partial charge in [0.1, 0.15) is 11.5 Å². The number of aliphatic carboxylic acids is 2. The average molecular weight is 529 g/mol. The van der Waals surface area contributed by atoms with Gasteiger partial charge in [-0.15, -0.1) is 0 Å². The van der Waals surface area contributed by atoms with Crippen LogP contribution in [0.3, 0.4) is 0 Å². The van der Waals surface area contributed by atoms with Crippen molar-refractivity contribution in [2.45, 2.75) is 13.3 Å². The summed E-state index contributed by atoms with van der Waals surface area (Å²) in [6.45, 7) is 1.67. The Morgan fingerprint density at radius 3 is 2.38 bits per heavy atom. The quantitative estimate of drug-likeness (QED) is 0.252. The highest BCUT2D eigenvalue weighted by molar-refractivity contribution is 5.96. The minimum atomic E-state index is -1.15. The minimum absolute atomic E-state index is 0.0210. The molecule has 0 spiro atoms. The van der Waals surface area contributed by atoms with Gasteiger partial charge in [-0.25, -0.2) is 4.79 Å². The molecule has 2 aromatic heterocycles. The van der Waals surface area contributed by atoms with E-state index in [9.17, 15) is 14.4 Å². The lowest BCUT2D eigenvalue weighted by molar-refractivity contribution is -0.145. The van der Waals surface area contributed by atoms with Crippen LogP contribution in [0.5, 0.6) is 11.5 Å². The van der Waals surface area contributed by atoms with Crippen molar-refractivity contribution in [3.8, 4) is 22.8 Å². The Kier molecular flexibility index (Phi) is 8.12. The van der Waals surface area contributed by atoms with Crippen molar-refractivity contribution in [1.82, 2.24) is 9.97 Å². The predicted molar refractivity (Wildman–Crippen MR) is 147 cm³/mol. The summed E-state index contributed by atoms with van der Waals surface area (Å²) >= 11 is 0. The fourth-order valence-corrected chi connectivity index (χ4v) is 4.25. The highest BCUT2D eigenvalue weighted by atomic mass is 16.5. The number of rotatable bonds is 7. The van der Waals surface area contributed by atoms with E-state index in [4.69, 9.17) is 19.7 Å². The van der Waals surface area contributed by atoms with Crippen molar-refractivity contribution < 1.29 is 29.3 Å². The number of carbonyl (C=O) groups is 2. The van der Waals surface area contributed by atoms with Gasteiger partial charge in [-0.3, -0.25) is 9.59 Å². The number of benzene rings is 2. The zero-order chi connectivity index (χ0) is 28.0. The molecule has 39 heavy (non-hydrogen) atoms. The SMILES string of the molecule is COCC1=C(C(=O)O)CC(C)(C(=O)O)C=C1.O=c1[nH]ccc2c(-c3ccccc3Oc3ccccc3)[nH]cc12. The number of hydrogen-bond donors (Lipinski definition) is 4. The summed E-state index contributed by atoms with van der Waals surface area (Å²) in [6.07, 6.45) is 6.39. The van der Waals surface area contributed by atoms with Crippen LogP contribution in [0.25, 0.3) is 22.0 Å². The molecule has 2 heterocycles. The maximum atomic E-state index is 11.9. The van der Waals surface area contributed by atoms with Gasteiger partial charge < -0.3 is 29.7 Å². The van der Waals surface area contributed by atoms with Crippen molar-refractivity contribution in [3.05, 3.63) is 107 Å². The number of aromatic amines is 2. The molecule has 1 aliphatic rings. The number of nitrogens with one attached hydrogen (secondary N) is 2. The normalized spacial score (nSPS) is 16.5. The number of methoxy groups -OCH3 is 1. The summed E-state index contributed by atoms with van der Waals surface area (Å²) in [6, 6.07) is 19.3. The molecule has 1 unspecified atom stereocenters. The van der Waals surface area contributed by atoms with Gasteiger partial charge in [0.2, 0.25) is 0 Å². The van der Waals surface area contributed by atoms with Gasteiger partial charge in [0.05, 0.1) is 23.1 Å². The van der Waals surface area contributed by atoms with Crippen LogP contribution in [-0.2, 0) is 14.3 Å². The predicted octanol–water partition coefficient (Wildman–Crippen LogP) is 5.38. The van der Waals surface area contributed by atoms with Gasteiger partial charge >= 0.3 is 11.9 Å². The number of hydrogen-bond acceptors (Lipinski definition) is 5. The third kappa shape index (κ3) is 6.00. The maximum absolute atomic E-state index is 11.9. The minimum Gasteiger partial charge on any atom is -0.481 e. The maximum Gasteiger partial charge on any atom is 0.331 e. The molecule has 0 aliphatic heterocycles. The van der Waals surface area contributed by atoms with Crippen LogP contribution in [-0.4, -0.2) is 45.8 Å². The molecule has 4 N–H and O–H groups in total. The van der Waals surface area contributed by atoms with Gasteiger partial charge in [0.15, 0.2) is 0 Å². The molecule has 2 aromatic carbocycles. The summed E-state index contributed by atoms with van der Waals surface area (Å²) in [7, 11) is 1.46. The number of ether oxygens (including phenoxy) is 2. The van der Waals surface area contributed by atoms with E-state index < -0.39 is 17.4 Å². The summed E-state index contributed by atoms with van der Waals surface area (Å²) in [5, 5.41) is 19.5. The van der Waals surface area contributed by atoms with E-state index >= 15 is 0 Å². The van der Waals surface area contributed by atoms with Gasteiger partial charge in [0.25, 0.3) is 5.56 Å². The average Bonchev–Trinajstić information content (AvgIpc) is 3.36. The largest absolute Gasteiger partial charge is 0.481 e. The van der Waals surface area contributed by atoms with Gasteiger partial charge in [0, 0.05) is 36.0 Å². The number of pyridine rings is 1. The zero-order valence-corrected chi connectivity index (χ0v) is 21.4. The van der Waals surface area contributed by atoms with E-state index in [1.54, 1.807) is 12.4 Å². The molecule has 1 atom stereocenters. The summed E-state index contributed by atoms with van der Waals surface area (Å²) in [5.74, 6) is -0.612. The first-order valence-corrected chi connectivity index (χ1v) is 12.1. The standard InChI is InChI=1S/C19H14N2O2.C11H14O5/c22-19-16-12-21-18(14(16)10-11-20-19)15-8-4-5-9-17(15)23-13-6-2-1-3-7-13;1-11(10(14)15)4-3-7(6-16-2)8(5-11)9(12)13/h1-12,21H,(H,20,22);3-4H,5-6H2,1-2H3,(H,12,13)(H,14,15). The molecule has 5 rings (SSSR count).